The van der Waals surface area contributed by atoms with E-state index in [0.717, 1.165) is 109 Å². The average Bonchev–Trinajstić information content (AvgIpc) is 3.39. The largest absolute Gasteiger partial charge is 0.479 e. The van der Waals surface area contributed by atoms with Gasteiger partial charge in [-0.1, -0.05) is 181 Å². The molecule has 1 rings (SSSR count). The highest BCUT2D eigenvalue weighted by atomic mass is 16.7. The van der Waals surface area contributed by atoms with E-state index >= 15 is 0 Å². The van der Waals surface area contributed by atoms with Crippen molar-refractivity contribution in [1.82, 2.24) is 0 Å². The van der Waals surface area contributed by atoms with Gasteiger partial charge in [0.2, 0.25) is 0 Å². The fourth-order valence-electron chi connectivity index (χ4n) is 7.68. The van der Waals surface area contributed by atoms with E-state index < -0.39 is 67.3 Å². The van der Waals surface area contributed by atoms with Crippen LogP contribution in [0.25, 0.3) is 0 Å². The number of allylic oxidation sites excluding steroid dienone is 20. The molecule has 0 aromatic carbocycles. The summed E-state index contributed by atoms with van der Waals surface area (Å²) in [5.74, 6) is -3.29. The maximum absolute atomic E-state index is 13.1. The van der Waals surface area contributed by atoms with Gasteiger partial charge in [-0.05, 0) is 122 Å². The Morgan fingerprint density at radius 2 is 0.853 bits per heavy atom. The van der Waals surface area contributed by atoms with Gasteiger partial charge in [0, 0.05) is 19.3 Å². The van der Waals surface area contributed by atoms with Crippen LogP contribution < -0.4 is 0 Å². The summed E-state index contributed by atoms with van der Waals surface area (Å²) in [6.07, 6.45) is 56.1. The van der Waals surface area contributed by atoms with Gasteiger partial charge in [0.15, 0.2) is 24.6 Å². The van der Waals surface area contributed by atoms with Crippen LogP contribution in [0.2, 0.25) is 0 Å². The fraction of sp³-hybridized carbons (Fsp3) is 0.619. The summed E-state index contributed by atoms with van der Waals surface area (Å²) in [6, 6.07) is 0. The summed E-state index contributed by atoms with van der Waals surface area (Å²) in [5.41, 5.74) is 0. The topological polar surface area (TPSA) is 175 Å². The summed E-state index contributed by atoms with van der Waals surface area (Å²) in [5, 5.41) is 31.4. The monoisotopic (exact) mass is 1050 g/mol. The number of carbonyl (C=O) groups is 4. The molecule has 1 aliphatic heterocycles. The summed E-state index contributed by atoms with van der Waals surface area (Å²) < 4.78 is 28.3. The highest BCUT2D eigenvalue weighted by Gasteiger charge is 2.50. The quantitative estimate of drug-likeness (QED) is 0.0228. The van der Waals surface area contributed by atoms with Crippen molar-refractivity contribution in [3.63, 3.8) is 0 Å². The number of carboxylic acid groups (broad SMARTS) is 1. The van der Waals surface area contributed by atoms with E-state index in [4.69, 9.17) is 23.7 Å². The Morgan fingerprint density at radius 1 is 0.453 bits per heavy atom. The average molecular weight is 1050 g/mol. The normalized spacial score (nSPS) is 19.1. The first-order chi connectivity index (χ1) is 36.6. The number of hydrogen-bond acceptors (Lipinski definition) is 11. The highest BCUT2D eigenvalue weighted by Crippen LogP contribution is 2.26. The number of carboxylic acids is 1. The summed E-state index contributed by atoms with van der Waals surface area (Å²) >= 11 is 0. The van der Waals surface area contributed by atoms with E-state index in [1.54, 1.807) is 0 Å². The molecule has 0 aromatic heterocycles. The van der Waals surface area contributed by atoms with Crippen molar-refractivity contribution in [1.29, 1.82) is 0 Å². The molecule has 0 spiro atoms. The number of aliphatic hydroxyl groups is 2. The molecule has 0 aliphatic carbocycles. The molecule has 3 N–H and O–H groups in total. The Kier molecular flexibility index (Phi) is 45.4. The third kappa shape index (κ3) is 40.1. The standard InChI is InChI=1S/C63H98O12/c1-4-7-10-13-16-19-22-25-27-28-30-32-34-37-40-43-46-49-55(64)71-52-54(73-56(65)50-47-44-41-38-36-33-29-26-23-20-17-14-11-8-5-2)53-72-63-61(59(68)58(67)60(75-63)62(69)70)74-57(66)51-48-45-42-39-35-31-24-21-18-15-12-9-6-3/h7-8,10-11,16-17,19-21,24-27,29-30,32,36-38,40,54,58-61,63,67-68H,4-6,9,12-15,18,22-23,28,31,33-35,39,41-53H2,1-3H3,(H,69,70)/b10-7-,11-8-,19-16-,20-17-,24-21-,27-25-,29-26-,32-30-,38-36-,40-37-. The van der Waals surface area contributed by atoms with Crippen molar-refractivity contribution in [3.8, 4) is 0 Å². The first-order valence-corrected chi connectivity index (χ1v) is 28.5. The second-order valence-corrected chi connectivity index (χ2v) is 18.8. The Morgan fingerprint density at radius 3 is 1.36 bits per heavy atom. The lowest BCUT2D eigenvalue weighted by molar-refractivity contribution is -0.301. The lowest BCUT2D eigenvalue weighted by Crippen LogP contribution is -2.61. The van der Waals surface area contributed by atoms with Crippen molar-refractivity contribution >= 4 is 23.9 Å². The molecule has 422 valence electrons. The van der Waals surface area contributed by atoms with Crippen molar-refractivity contribution in [2.24, 2.45) is 0 Å². The van der Waals surface area contributed by atoms with Gasteiger partial charge in [0.25, 0.3) is 0 Å². The van der Waals surface area contributed by atoms with Gasteiger partial charge in [-0.2, -0.15) is 0 Å². The lowest BCUT2D eigenvalue weighted by Gasteiger charge is -2.40. The predicted molar refractivity (Wildman–Crippen MR) is 303 cm³/mol. The van der Waals surface area contributed by atoms with Gasteiger partial charge >= 0.3 is 23.9 Å². The van der Waals surface area contributed by atoms with Crippen molar-refractivity contribution < 1.29 is 58.2 Å². The zero-order chi connectivity index (χ0) is 54.7. The summed E-state index contributed by atoms with van der Waals surface area (Å²) in [6.45, 7) is 5.63. The van der Waals surface area contributed by atoms with Crippen molar-refractivity contribution in [3.05, 3.63) is 122 Å². The second-order valence-electron chi connectivity index (χ2n) is 18.8. The fourth-order valence-corrected chi connectivity index (χ4v) is 7.68. The van der Waals surface area contributed by atoms with Gasteiger partial charge in [-0.15, -0.1) is 0 Å². The van der Waals surface area contributed by atoms with Crippen molar-refractivity contribution in [2.45, 2.75) is 237 Å². The molecule has 1 fully saturated rings. The van der Waals surface area contributed by atoms with Crippen LogP contribution in [0.5, 0.6) is 0 Å². The van der Waals surface area contributed by atoms with Crippen LogP contribution in [-0.2, 0) is 42.9 Å². The Balaban J connectivity index is 2.79. The Hall–Kier alpha value is -4.88. The number of esters is 3. The van der Waals surface area contributed by atoms with E-state index in [1.807, 2.05) is 6.08 Å². The molecular weight excluding hydrogens is 949 g/mol. The molecule has 0 bridgehead atoms. The van der Waals surface area contributed by atoms with Gasteiger partial charge in [-0.3, -0.25) is 14.4 Å². The smallest absolute Gasteiger partial charge is 0.335 e. The number of aliphatic carboxylic acids is 1. The number of ether oxygens (including phenoxy) is 5. The van der Waals surface area contributed by atoms with Crippen LogP contribution >= 0.6 is 0 Å². The van der Waals surface area contributed by atoms with E-state index in [-0.39, 0.29) is 25.9 Å². The molecular formula is C63H98O12. The van der Waals surface area contributed by atoms with Crippen LogP contribution in [0.15, 0.2) is 122 Å². The molecule has 6 atom stereocenters. The molecule has 12 heteroatoms. The molecule has 1 aliphatic rings. The molecule has 0 radical (unpaired) electrons. The van der Waals surface area contributed by atoms with Crippen LogP contribution in [0, 0.1) is 0 Å². The van der Waals surface area contributed by atoms with Gasteiger partial charge in [0.05, 0.1) is 6.61 Å². The molecule has 1 saturated heterocycles. The van der Waals surface area contributed by atoms with Crippen LogP contribution in [0.3, 0.4) is 0 Å². The number of carbonyl (C=O) groups excluding carboxylic acids is 3. The lowest BCUT2D eigenvalue weighted by atomic mass is 9.98. The summed E-state index contributed by atoms with van der Waals surface area (Å²) in [7, 11) is 0. The molecule has 1 heterocycles. The van der Waals surface area contributed by atoms with E-state index in [2.05, 4.69) is 136 Å². The van der Waals surface area contributed by atoms with Gasteiger partial charge < -0.3 is 39.0 Å². The number of aliphatic hydroxyl groups excluding tert-OH is 2. The minimum absolute atomic E-state index is 0.0333. The molecule has 0 aromatic rings. The molecule has 0 saturated carbocycles. The third-order valence-electron chi connectivity index (χ3n) is 12.0. The third-order valence-corrected chi connectivity index (χ3v) is 12.0. The minimum atomic E-state index is -1.92. The SMILES string of the molecule is CC/C=C\C/C=C\C/C=C\C/C=C\C/C=C\CCCC(=O)OCC(COC1OC(C(=O)O)C(O)C(O)C1OC(=O)CCCCCCC/C=C\CCCCCC)OC(=O)CCCC/C=C\C/C=C\C/C=C\C/C=C\CC. The molecule has 0 amide bonds. The number of hydrogen-bond donors (Lipinski definition) is 3. The first kappa shape index (κ1) is 68.1. The predicted octanol–water partition coefficient (Wildman–Crippen LogP) is 14.4. The van der Waals surface area contributed by atoms with Crippen LogP contribution in [0.4, 0.5) is 0 Å². The molecule has 6 unspecified atom stereocenters. The van der Waals surface area contributed by atoms with Crippen LogP contribution in [-0.4, -0.2) is 89.2 Å². The Bertz CT molecular complexity index is 1770. The van der Waals surface area contributed by atoms with E-state index in [1.165, 1.54) is 25.7 Å². The Labute approximate surface area is 452 Å². The number of unbranched alkanes of at least 4 members (excludes halogenated alkanes) is 12. The van der Waals surface area contributed by atoms with E-state index in [9.17, 15) is 34.5 Å². The van der Waals surface area contributed by atoms with Crippen molar-refractivity contribution in [2.75, 3.05) is 13.2 Å². The maximum Gasteiger partial charge on any atom is 0.335 e. The minimum Gasteiger partial charge on any atom is -0.479 e. The van der Waals surface area contributed by atoms with Gasteiger partial charge in [0.1, 0.15) is 18.8 Å². The van der Waals surface area contributed by atoms with E-state index in [0.29, 0.717) is 25.7 Å². The zero-order valence-corrected chi connectivity index (χ0v) is 46.2. The first-order valence-electron chi connectivity index (χ1n) is 28.5. The zero-order valence-electron chi connectivity index (χ0n) is 46.2. The molecule has 75 heavy (non-hydrogen) atoms. The highest BCUT2D eigenvalue weighted by molar-refractivity contribution is 5.74. The maximum atomic E-state index is 13.1. The number of rotatable bonds is 46. The van der Waals surface area contributed by atoms with Crippen LogP contribution in [0.1, 0.15) is 201 Å². The molecule has 12 nitrogen and oxygen atoms in total. The summed E-state index contributed by atoms with van der Waals surface area (Å²) in [4.78, 5) is 51.0. The van der Waals surface area contributed by atoms with Gasteiger partial charge in [-0.25, -0.2) is 4.79 Å². The second kappa shape index (κ2) is 50.0.